The number of rotatable bonds is 3. The Morgan fingerprint density at radius 1 is 1.44 bits per heavy atom. The molecule has 18 heavy (non-hydrogen) atoms. The lowest BCUT2D eigenvalue weighted by Gasteiger charge is -2.12. The van der Waals surface area contributed by atoms with Crippen molar-refractivity contribution in [3.8, 4) is 0 Å². The maximum absolute atomic E-state index is 12.9. The summed E-state index contributed by atoms with van der Waals surface area (Å²) in [6.45, 7) is 1.89. The van der Waals surface area contributed by atoms with Crippen LogP contribution in [0, 0.1) is 12.7 Å². The highest BCUT2D eigenvalue weighted by atomic mass is 35.5. The number of aliphatic hydroxyl groups excluding tert-OH is 1. The number of nitrogens with zero attached hydrogens (tertiary/aromatic N) is 2. The molecular weight excluding hydrogens is 255 g/mol. The SMILES string of the molecule is Cc1cc(CC(O)c2ccc(F)cc2Cl)n(C)n1. The fourth-order valence-corrected chi connectivity index (χ4v) is 2.23. The minimum Gasteiger partial charge on any atom is -0.388 e. The van der Waals surface area contributed by atoms with Gasteiger partial charge in [-0.1, -0.05) is 17.7 Å². The van der Waals surface area contributed by atoms with Crippen LogP contribution in [0.25, 0.3) is 0 Å². The highest BCUT2D eigenvalue weighted by Gasteiger charge is 2.15. The van der Waals surface area contributed by atoms with E-state index in [9.17, 15) is 9.50 Å². The fourth-order valence-electron chi connectivity index (χ4n) is 1.94. The number of benzene rings is 1. The molecule has 0 aliphatic rings. The molecule has 5 heteroatoms. The fraction of sp³-hybridized carbons (Fsp3) is 0.308. The van der Waals surface area contributed by atoms with E-state index in [4.69, 9.17) is 11.6 Å². The third kappa shape index (κ3) is 2.71. The van der Waals surface area contributed by atoms with Crippen LogP contribution in [0.5, 0.6) is 0 Å². The van der Waals surface area contributed by atoms with Gasteiger partial charge in [-0.05, 0) is 30.7 Å². The molecule has 3 nitrogen and oxygen atoms in total. The Bertz CT molecular complexity index is 568. The average molecular weight is 269 g/mol. The highest BCUT2D eigenvalue weighted by Crippen LogP contribution is 2.26. The third-order valence-electron chi connectivity index (χ3n) is 2.82. The van der Waals surface area contributed by atoms with Crippen molar-refractivity contribution in [2.45, 2.75) is 19.4 Å². The first kappa shape index (κ1) is 13.1. The lowest BCUT2D eigenvalue weighted by molar-refractivity contribution is 0.176. The monoisotopic (exact) mass is 268 g/mol. The van der Waals surface area contributed by atoms with Gasteiger partial charge in [-0.3, -0.25) is 4.68 Å². The van der Waals surface area contributed by atoms with E-state index in [0.717, 1.165) is 11.4 Å². The summed E-state index contributed by atoms with van der Waals surface area (Å²) in [7, 11) is 1.82. The molecule has 0 saturated heterocycles. The zero-order chi connectivity index (χ0) is 13.3. The first-order chi connectivity index (χ1) is 8.47. The zero-order valence-electron chi connectivity index (χ0n) is 10.2. The van der Waals surface area contributed by atoms with Crippen molar-refractivity contribution in [2.75, 3.05) is 0 Å². The lowest BCUT2D eigenvalue weighted by Crippen LogP contribution is -2.07. The summed E-state index contributed by atoms with van der Waals surface area (Å²) in [4.78, 5) is 0. The van der Waals surface area contributed by atoms with E-state index in [1.54, 1.807) is 4.68 Å². The van der Waals surface area contributed by atoms with Crippen LogP contribution < -0.4 is 0 Å². The molecule has 0 aliphatic carbocycles. The molecule has 0 amide bonds. The minimum atomic E-state index is -0.770. The molecule has 0 saturated carbocycles. The Labute approximate surface area is 110 Å². The summed E-state index contributed by atoms with van der Waals surface area (Å²) >= 11 is 5.91. The maximum Gasteiger partial charge on any atom is 0.124 e. The highest BCUT2D eigenvalue weighted by molar-refractivity contribution is 6.31. The number of hydrogen-bond acceptors (Lipinski definition) is 2. The van der Waals surface area contributed by atoms with Crippen LogP contribution in [0.2, 0.25) is 5.02 Å². The van der Waals surface area contributed by atoms with E-state index in [1.165, 1.54) is 18.2 Å². The number of halogens is 2. The van der Waals surface area contributed by atoms with Gasteiger partial charge >= 0.3 is 0 Å². The molecule has 0 aliphatic heterocycles. The van der Waals surface area contributed by atoms with Crippen molar-refractivity contribution >= 4 is 11.6 Å². The molecule has 96 valence electrons. The Hall–Kier alpha value is -1.39. The quantitative estimate of drug-likeness (QED) is 0.930. The average Bonchev–Trinajstić information content (AvgIpc) is 2.57. The van der Waals surface area contributed by atoms with Crippen LogP contribution in [0.3, 0.4) is 0 Å². The largest absolute Gasteiger partial charge is 0.388 e. The van der Waals surface area contributed by atoms with E-state index in [2.05, 4.69) is 5.10 Å². The van der Waals surface area contributed by atoms with E-state index >= 15 is 0 Å². The smallest absolute Gasteiger partial charge is 0.124 e. The first-order valence-electron chi connectivity index (χ1n) is 5.60. The van der Waals surface area contributed by atoms with Crippen LogP contribution in [0.15, 0.2) is 24.3 Å². The summed E-state index contributed by atoms with van der Waals surface area (Å²) in [6.07, 6.45) is -0.379. The van der Waals surface area contributed by atoms with Gasteiger partial charge in [-0.15, -0.1) is 0 Å². The topological polar surface area (TPSA) is 38.0 Å². The predicted octanol–water partition coefficient (Wildman–Crippen LogP) is 2.80. The second-order valence-electron chi connectivity index (χ2n) is 4.29. The van der Waals surface area contributed by atoms with Crippen molar-refractivity contribution in [3.63, 3.8) is 0 Å². The molecule has 2 aromatic rings. The molecule has 1 aromatic carbocycles. The van der Waals surface area contributed by atoms with Gasteiger partial charge in [0.05, 0.1) is 11.8 Å². The van der Waals surface area contributed by atoms with Gasteiger partial charge in [-0.2, -0.15) is 5.10 Å². The molecular formula is C13H14ClFN2O. The predicted molar refractivity (Wildman–Crippen MR) is 68.0 cm³/mol. The zero-order valence-corrected chi connectivity index (χ0v) is 10.9. The second-order valence-corrected chi connectivity index (χ2v) is 4.69. The van der Waals surface area contributed by atoms with Gasteiger partial charge in [0.2, 0.25) is 0 Å². The molecule has 0 radical (unpaired) electrons. The van der Waals surface area contributed by atoms with Crippen LogP contribution in [0.4, 0.5) is 4.39 Å². The molecule has 1 N–H and O–H groups in total. The third-order valence-corrected chi connectivity index (χ3v) is 3.15. The number of aromatic nitrogens is 2. The summed E-state index contributed by atoms with van der Waals surface area (Å²) in [5.74, 6) is -0.410. The van der Waals surface area contributed by atoms with Crippen molar-refractivity contribution in [3.05, 3.63) is 52.1 Å². The summed E-state index contributed by atoms with van der Waals surface area (Å²) in [5, 5.41) is 14.6. The van der Waals surface area contributed by atoms with Gasteiger partial charge in [0.1, 0.15) is 5.82 Å². The van der Waals surface area contributed by atoms with Crippen LogP contribution in [-0.2, 0) is 13.5 Å². The van der Waals surface area contributed by atoms with Gasteiger partial charge < -0.3 is 5.11 Å². The van der Waals surface area contributed by atoms with Crippen molar-refractivity contribution in [1.29, 1.82) is 0 Å². The maximum atomic E-state index is 12.9. The van der Waals surface area contributed by atoms with Crippen molar-refractivity contribution < 1.29 is 9.50 Å². The summed E-state index contributed by atoms with van der Waals surface area (Å²) < 4.78 is 14.6. The van der Waals surface area contributed by atoms with Gasteiger partial charge in [-0.25, -0.2) is 4.39 Å². The summed E-state index contributed by atoms with van der Waals surface area (Å²) in [6, 6.07) is 5.90. The Kier molecular flexibility index (Phi) is 3.68. The Morgan fingerprint density at radius 2 is 2.17 bits per heavy atom. The minimum absolute atomic E-state index is 0.237. The number of aryl methyl sites for hydroxylation is 2. The molecule has 0 fully saturated rings. The Morgan fingerprint density at radius 3 is 2.72 bits per heavy atom. The molecule has 1 unspecified atom stereocenters. The molecule has 0 spiro atoms. The van der Waals surface area contributed by atoms with Crippen LogP contribution in [-0.4, -0.2) is 14.9 Å². The van der Waals surface area contributed by atoms with E-state index in [1.807, 2.05) is 20.0 Å². The van der Waals surface area contributed by atoms with Gasteiger partial charge in [0, 0.05) is 24.2 Å². The molecule has 1 heterocycles. The van der Waals surface area contributed by atoms with Crippen molar-refractivity contribution in [1.82, 2.24) is 9.78 Å². The van der Waals surface area contributed by atoms with Gasteiger partial charge in [0.15, 0.2) is 0 Å². The van der Waals surface area contributed by atoms with Crippen LogP contribution >= 0.6 is 11.6 Å². The number of aliphatic hydroxyl groups is 1. The normalized spacial score (nSPS) is 12.7. The van der Waals surface area contributed by atoms with E-state index in [0.29, 0.717) is 12.0 Å². The standard InChI is InChI=1S/C13H14ClFN2O/c1-8-5-10(17(2)16-8)7-13(18)11-4-3-9(15)6-12(11)14/h3-6,13,18H,7H2,1-2H3. The second kappa shape index (κ2) is 5.08. The first-order valence-corrected chi connectivity index (χ1v) is 5.97. The van der Waals surface area contributed by atoms with Crippen LogP contribution in [0.1, 0.15) is 23.1 Å². The Balaban J connectivity index is 2.21. The number of hydrogen-bond donors (Lipinski definition) is 1. The molecule has 1 atom stereocenters. The van der Waals surface area contributed by atoms with E-state index in [-0.39, 0.29) is 5.02 Å². The molecule has 0 bridgehead atoms. The molecule has 2 rings (SSSR count). The van der Waals surface area contributed by atoms with E-state index < -0.39 is 11.9 Å². The molecule has 1 aromatic heterocycles. The summed E-state index contributed by atoms with van der Waals surface area (Å²) in [5.41, 5.74) is 2.32. The van der Waals surface area contributed by atoms with Crippen molar-refractivity contribution in [2.24, 2.45) is 7.05 Å². The lowest BCUT2D eigenvalue weighted by atomic mass is 10.0. The van der Waals surface area contributed by atoms with Gasteiger partial charge in [0.25, 0.3) is 0 Å².